The van der Waals surface area contributed by atoms with Crippen LogP contribution in [0.15, 0.2) is 18.2 Å². The average Bonchev–Trinajstić information content (AvgIpc) is 3.02. The molecule has 0 radical (unpaired) electrons. The van der Waals surface area contributed by atoms with Crippen LogP contribution in [0, 0.1) is 17.7 Å². The van der Waals surface area contributed by atoms with Crippen LogP contribution in [0.5, 0.6) is 0 Å². The van der Waals surface area contributed by atoms with Crippen molar-refractivity contribution < 1.29 is 13.9 Å². The third-order valence-corrected chi connectivity index (χ3v) is 4.46. The molecule has 0 amide bonds. The highest BCUT2D eigenvalue weighted by Gasteiger charge is 2.39. The fourth-order valence-electron chi connectivity index (χ4n) is 3.52. The molecule has 1 aromatic rings. The Balaban J connectivity index is 1.76. The minimum atomic E-state index is -0.630. The van der Waals surface area contributed by atoms with E-state index < -0.39 is 11.8 Å². The van der Waals surface area contributed by atoms with Crippen LogP contribution in [-0.4, -0.2) is 19.1 Å². The summed E-state index contributed by atoms with van der Waals surface area (Å²) >= 11 is 0. The monoisotopic (exact) mass is 263 g/mol. The van der Waals surface area contributed by atoms with Gasteiger partial charge in [-0.05, 0) is 49.3 Å². The van der Waals surface area contributed by atoms with E-state index in [4.69, 9.17) is 0 Å². The highest BCUT2D eigenvalue weighted by molar-refractivity contribution is 5.90. The highest BCUT2D eigenvalue weighted by atomic mass is 19.1. The number of rotatable bonds is 3. The van der Waals surface area contributed by atoms with Gasteiger partial charge in [-0.2, -0.15) is 0 Å². The molecule has 1 aromatic carbocycles. The lowest BCUT2D eigenvalue weighted by Crippen LogP contribution is -2.26. The molecule has 0 spiro atoms. The van der Waals surface area contributed by atoms with Crippen molar-refractivity contribution in [2.24, 2.45) is 11.8 Å². The first-order chi connectivity index (χ1) is 9.17. The number of carbonyl (C=O) groups is 1. The van der Waals surface area contributed by atoms with Gasteiger partial charge in [0, 0.05) is 11.7 Å². The number of anilines is 1. The predicted molar refractivity (Wildman–Crippen MR) is 70.6 cm³/mol. The van der Waals surface area contributed by atoms with E-state index in [1.807, 2.05) is 0 Å². The summed E-state index contributed by atoms with van der Waals surface area (Å²) in [6, 6.07) is 5.03. The zero-order valence-electron chi connectivity index (χ0n) is 11.0. The molecule has 3 nitrogen and oxygen atoms in total. The normalized spacial score (nSPS) is 28.4. The molecular formula is C15H18FNO2. The molecule has 1 N–H and O–H groups in total. The van der Waals surface area contributed by atoms with E-state index in [1.165, 1.54) is 38.9 Å². The van der Waals surface area contributed by atoms with Crippen molar-refractivity contribution >= 4 is 11.7 Å². The number of halogens is 1. The molecule has 19 heavy (non-hydrogen) atoms. The summed E-state index contributed by atoms with van der Waals surface area (Å²) in [4.78, 5) is 11.5. The lowest BCUT2D eigenvalue weighted by molar-refractivity contribution is 0.0595. The van der Waals surface area contributed by atoms with Gasteiger partial charge in [-0.15, -0.1) is 0 Å². The summed E-state index contributed by atoms with van der Waals surface area (Å²) in [5.74, 6) is 0.416. The third-order valence-electron chi connectivity index (χ3n) is 4.46. The molecule has 2 aliphatic rings. The summed E-state index contributed by atoms with van der Waals surface area (Å²) in [6.45, 7) is 0. The quantitative estimate of drug-likeness (QED) is 0.851. The Labute approximate surface area is 112 Å². The molecule has 2 fully saturated rings. The predicted octanol–water partition coefficient (Wildman–Crippen LogP) is 3.21. The van der Waals surface area contributed by atoms with Crippen molar-refractivity contribution in [2.75, 3.05) is 12.4 Å². The molecule has 3 rings (SSSR count). The molecular weight excluding hydrogens is 245 g/mol. The number of nitrogens with one attached hydrogen (secondary N) is 1. The first-order valence-corrected chi connectivity index (χ1v) is 6.82. The van der Waals surface area contributed by atoms with Gasteiger partial charge in [0.2, 0.25) is 0 Å². The summed E-state index contributed by atoms with van der Waals surface area (Å²) in [5.41, 5.74) is 0.801. The van der Waals surface area contributed by atoms with Crippen LogP contribution < -0.4 is 5.32 Å². The molecule has 2 saturated carbocycles. The summed E-state index contributed by atoms with van der Waals surface area (Å²) in [7, 11) is 1.26. The van der Waals surface area contributed by atoms with Gasteiger partial charge in [0.25, 0.3) is 0 Å². The lowest BCUT2D eigenvalue weighted by atomic mass is 9.95. The molecule has 3 unspecified atom stereocenters. The number of esters is 1. The first kappa shape index (κ1) is 12.5. The van der Waals surface area contributed by atoms with E-state index in [2.05, 4.69) is 10.1 Å². The van der Waals surface area contributed by atoms with Crippen LogP contribution in [0.2, 0.25) is 0 Å². The van der Waals surface area contributed by atoms with Crippen LogP contribution in [0.3, 0.4) is 0 Å². The van der Waals surface area contributed by atoms with E-state index in [0.717, 1.165) is 17.5 Å². The zero-order chi connectivity index (χ0) is 13.4. The molecule has 0 aromatic heterocycles. The maximum Gasteiger partial charge on any atom is 0.340 e. The van der Waals surface area contributed by atoms with Crippen LogP contribution in [0.25, 0.3) is 0 Å². The van der Waals surface area contributed by atoms with Gasteiger partial charge in [-0.25, -0.2) is 9.18 Å². The fraction of sp³-hybridized carbons (Fsp3) is 0.533. The van der Waals surface area contributed by atoms with Crippen LogP contribution in [0.4, 0.5) is 10.1 Å². The minimum absolute atomic E-state index is 0.00402. The van der Waals surface area contributed by atoms with Gasteiger partial charge >= 0.3 is 5.97 Å². The summed E-state index contributed by atoms with van der Waals surface area (Å²) in [5, 5.41) is 3.44. The molecule has 4 heteroatoms. The van der Waals surface area contributed by atoms with Gasteiger partial charge in [0.05, 0.1) is 12.7 Å². The number of ether oxygens (including phenoxy) is 1. The molecule has 102 valence electrons. The number of fused-ring (bicyclic) bond motifs is 2. The Kier molecular flexibility index (Phi) is 3.17. The largest absolute Gasteiger partial charge is 0.465 e. The van der Waals surface area contributed by atoms with Gasteiger partial charge < -0.3 is 10.1 Å². The first-order valence-electron chi connectivity index (χ1n) is 6.82. The standard InChI is InChI=1S/C15H18FNO2/c1-19-15(18)12-8-11(4-5-13(12)16)17-14-7-9-2-3-10(14)6-9/h4-5,8-10,14,17H,2-3,6-7H2,1H3. The molecule has 0 heterocycles. The Bertz CT molecular complexity index is 503. The zero-order valence-corrected chi connectivity index (χ0v) is 11.0. The van der Waals surface area contributed by atoms with E-state index in [-0.39, 0.29) is 5.56 Å². The molecule has 0 saturated heterocycles. The summed E-state index contributed by atoms with van der Waals surface area (Å²) in [6.07, 6.45) is 5.13. The maximum atomic E-state index is 13.5. The van der Waals surface area contributed by atoms with Gasteiger partial charge in [-0.1, -0.05) is 6.42 Å². The fourth-order valence-corrected chi connectivity index (χ4v) is 3.52. The Morgan fingerprint density at radius 2 is 2.21 bits per heavy atom. The van der Waals surface area contributed by atoms with E-state index in [0.29, 0.717) is 6.04 Å². The van der Waals surface area contributed by atoms with Crippen molar-refractivity contribution in [2.45, 2.75) is 31.7 Å². The second-order valence-electron chi connectivity index (χ2n) is 5.61. The van der Waals surface area contributed by atoms with Gasteiger partial charge in [-0.3, -0.25) is 0 Å². The van der Waals surface area contributed by atoms with Crippen molar-refractivity contribution in [3.63, 3.8) is 0 Å². The van der Waals surface area contributed by atoms with E-state index >= 15 is 0 Å². The van der Waals surface area contributed by atoms with Crippen molar-refractivity contribution in [1.29, 1.82) is 0 Å². The average molecular weight is 263 g/mol. The van der Waals surface area contributed by atoms with Crippen molar-refractivity contribution in [3.05, 3.63) is 29.6 Å². The van der Waals surface area contributed by atoms with Gasteiger partial charge in [0.1, 0.15) is 5.82 Å². The SMILES string of the molecule is COC(=O)c1cc(NC2CC3CCC2C3)ccc1F. The van der Waals surface area contributed by atoms with Crippen LogP contribution in [-0.2, 0) is 4.74 Å². The Hall–Kier alpha value is -1.58. The molecule has 2 bridgehead atoms. The maximum absolute atomic E-state index is 13.5. The smallest absolute Gasteiger partial charge is 0.340 e. The number of methoxy groups -OCH3 is 1. The highest BCUT2D eigenvalue weighted by Crippen LogP contribution is 2.45. The number of hydrogen-bond acceptors (Lipinski definition) is 3. The Morgan fingerprint density at radius 1 is 1.37 bits per heavy atom. The van der Waals surface area contributed by atoms with Crippen molar-refractivity contribution in [3.8, 4) is 0 Å². The third kappa shape index (κ3) is 2.31. The molecule has 0 aliphatic heterocycles. The molecule has 2 aliphatic carbocycles. The van der Waals surface area contributed by atoms with Gasteiger partial charge in [0.15, 0.2) is 0 Å². The van der Waals surface area contributed by atoms with E-state index in [1.54, 1.807) is 12.1 Å². The lowest BCUT2D eigenvalue weighted by Gasteiger charge is -2.24. The molecule has 3 atom stereocenters. The number of carbonyl (C=O) groups excluding carboxylic acids is 1. The second kappa shape index (κ2) is 4.83. The second-order valence-corrected chi connectivity index (χ2v) is 5.61. The minimum Gasteiger partial charge on any atom is -0.465 e. The number of benzene rings is 1. The number of hydrogen-bond donors (Lipinski definition) is 1. The van der Waals surface area contributed by atoms with Crippen molar-refractivity contribution in [1.82, 2.24) is 0 Å². The van der Waals surface area contributed by atoms with Crippen LogP contribution in [0.1, 0.15) is 36.0 Å². The van der Waals surface area contributed by atoms with Crippen LogP contribution >= 0.6 is 0 Å². The Morgan fingerprint density at radius 3 is 2.84 bits per heavy atom. The van der Waals surface area contributed by atoms with E-state index in [9.17, 15) is 9.18 Å². The summed E-state index contributed by atoms with van der Waals surface area (Å²) < 4.78 is 18.1. The topological polar surface area (TPSA) is 38.3 Å².